The van der Waals surface area contributed by atoms with E-state index >= 15 is 0 Å². The van der Waals surface area contributed by atoms with Crippen LogP contribution in [0.4, 0.5) is 16.2 Å². The van der Waals surface area contributed by atoms with Crippen molar-refractivity contribution >= 4 is 27.6 Å². The van der Waals surface area contributed by atoms with Crippen LogP contribution in [0.15, 0.2) is 48.5 Å². The van der Waals surface area contributed by atoms with E-state index in [1.54, 1.807) is 11.0 Å². The number of fused-ring (bicyclic) bond motifs is 2. The number of hydrogen-bond donors (Lipinski definition) is 2. The van der Waals surface area contributed by atoms with Crippen molar-refractivity contribution in [3.8, 4) is 0 Å². The average Bonchev–Trinajstić information content (AvgIpc) is 2.97. The number of hydrogen-bond acceptors (Lipinski definition) is 3. The number of anilines is 2. The molecule has 148 valence electrons. The van der Waals surface area contributed by atoms with Crippen molar-refractivity contribution in [1.82, 2.24) is 4.90 Å². The van der Waals surface area contributed by atoms with E-state index in [2.05, 4.69) is 5.32 Å². The van der Waals surface area contributed by atoms with Crippen molar-refractivity contribution in [2.75, 3.05) is 29.3 Å². The molecule has 0 radical (unpaired) electrons. The van der Waals surface area contributed by atoms with Gasteiger partial charge in [0, 0.05) is 30.7 Å². The number of nitrogens with one attached hydrogen (secondary N) is 1. The topological polar surface area (TPSA) is 95.7 Å². The molecule has 0 aliphatic carbocycles. The van der Waals surface area contributed by atoms with Crippen molar-refractivity contribution in [3.63, 3.8) is 0 Å². The summed E-state index contributed by atoms with van der Waals surface area (Å²) in [5.74, 6) is 0. The number of urea groups is 1. The Kier molecular flexibility index (Phi) is 4.55. The van der Waals surface area contributed by atoms with E-state index in [1.807, 2.05) is 49.4 Å². The molecule has 7 nitrogen and oxygen atoms in total. The summed E-state index contributed by atoms with van der Waals surface area (Å²) in [6, 6.07) is 15.1. The second-order valence-corrected chi connectivity index (χ2v) is 9.11. The molecule has 2 amide bonds. The fraction of sp³-hybridized carbons (Fsp3) is 0.350. The minimum absolute atomic E-state index is 0.130. The van der Waals surface area contributed by atoms with Crippen molar-refractivity contribution in [1.29, 1.82) is 0 Å². The lowest BCUT2D eigenvalue weighted by molar-refractivity contribution is 0.173. The third-order valence-corrected chi connectivity index (χ3v) is 6.71. The highest BCUT2D eigenvalue weighted by molar-refractivity contribution is 7.90. The maximum atomic E-state index is 12.6. The Balaban J connectivity index is 1.50. The molecule has 8 heteroatoms. The molecule has 2 aromatic rings. The quantitative estimate of drug-likeness (QED) is 0.811. The third-order valence-electron chi connectivity index (χ3n) is 5.77. The van der Waals surface area contributed by atoms with Crippen LogP contribution >= 0.6 is 0 Å². The number of para-hydroxylation sites is 1. The highest BCUT2D eigenvalue weighted by Gasteiger charge is 2.47. The van der Waals surface area contributed by atoms with Gasteiger partial charge in [0.25, 0.3) is 10.2 Å². The van der Waals surface area contributed by atoms with Crippen LogP contribution in [-0.2, 0) is 15.6 Å². The minimum Gasteiger partial charge on any atom is -0.324 e. The number of benzene rings is 2. The number of piperidine rings is 1. The molecule has 0 atom stereocenters. The molecule has 0 saturated carbocycles. The second-order valence-electron chi connectivity index (χ2n) is 7.64. The van der Waals surface area contributed by atoms with Crippen molar-refractivity contribution in [2.24, 2.45) is 5.14 Å². The van der Waals surface area contributed by atoms with Gasteiger partial charge in [-0.05, 0) is 49.1 Å². The number of aryl methyl sites for hydroxylation is 1. The summed E-state index contributed by atoms with van der Waals surface area (Å²) in [4.78, 5) is 14.4. The monoisotopic (exact) mass is 400 g/mol. The molecular formula is C20H24N4O3S. The van der Waals surface area contributed by atoms with Gasteiger partial charge in [-0.2, -0.15) is 8.42 Å². The van der Waals surface area contributed by atoms with Crippen LogP contribution in [0.25, 0.3) is 0 Å². The second kappa shape index (κ2) is 6.79. The molecule has 0 bridgehead atoms. The summed E-state index contributed by atoms with van der Waals surface area (Å²) < 4.78 is 25.4. The standard InChI is InChI=1S/C20H24N4O3S/c1-15-5-4-6-16(13-15)22-19(25)23-11-9-20(10-12-23)14-24(28(21,26)27)18-8-3-2-7-17(18)20/h2-8,13H,9-12,14H2,1H3,(H,22,25)(H2,21,26,27). The lowest BCUT2D eigenvalue weighted by atomic mass is 9.74. The first kappa shape index (κ1) is 18.8. The summed E-state index contributed by atoms with van der Waals surface area (Å²) in [5.41, 5.74) is 3.21. The van der Waals surface area contributed by atoms with Crippen LogP contribution < -0.4 is 14.8 Å². The fourth-order valence-electron chi connectivity index (χ4n) is 4.30. The SMILES string of the molecule is Cc1cccc(NC(=O)N2CCC3(CC2)CN(S(N)(=O)=O)c2ccccc23)c1. The van der Waals surface area contributed by atoms with E-state index in [0.717, 1.165) is 16.8 Å². The van der Waals surface area contributed by atoms with Gasteiger partial charge >= 0.3 is 6.03 Å². The zero-order chi connectivity index (χ0) is 19.9. The van der Waals surface area contributed by atoms with Crippen molar-refractivity contribution in [3.05, 3.63) is 59.7 Å². The number of carbonyl (C=O) groups is 1. The first-order valence-corrected chi connectivity index (χ1v) is 10.8. The lowest BCUT2D eigenvalue weighted by Gasteiger charge is -2.39. The molecule has 28 heavy (non-hydrogen) atoms. The largest absolute Gasteiger partial charge is 0.324 e. The van der Waals surface area contributed by atoms with E-state index in [-0.39, 0.29) is 11.4 Å². The predicted molar refractivity (Wildman–Crippen MR) is 110 cm³/mol. The summed E-state index contributed by atoms with van der Waals surface area (Å²) in [6.45, 7) is 3.43. The molecule has 1 spiro atoms. The zero-order valence-corrected chi connectivity index (χ0v) is 16.6. The number of amides is 2. The van der Waals surface area contributed by atoms with Gasteiger partial charge < -0.3 is 10.2 Å². The van der Waals surface area contributed by atoms with Crippen molar-refractivity contribution in [2.45, 2.75) is 25.2 Å². The first-order valence-electron chi connectivity index (χ1n) is 9.31. The molecule has 0 unspecified atom stereocenters. The number of rotatable bonds is 2. The van der Waals surface area contributed by atoms with Gasteiger partial charge in [0.1, 0.15) is 0 Å². The Morgan fingerprint density at radius 2 is 1.82 bits per heavy atom. The zero-order valence-electron chi connectivity index (χ0n) is 15.8. The van der Waals surface area contributed by atoms with Gasteiger partial charge in [-0.15, -0.1) is 0 Å². The third kappa shape index (κ3) is 3.33. The highest BCUT2D eigenvalue weighted by atomic mass is 32.2. The molecule has 4 rings (SSSR count). The van der Waals surface area contributed by atoms with E-state index in [1.165, 1.54) is 4.31 Å². The van der Waals surface area contributed by atoms with Crippen LogP contribution in [-0.4, -0.2) is 39.0 Å². The molecular weight excluding hydrogens is 376 g/mol. The van der Waals surface area contributed by atoms with Crippen LogP contribution in [0.3, 0.4) is 0 Å². The van der Waals surface area contributed by atoms with Crippen LogP contribution in [0, 0.1) is 6.92 Å². The number of carbonyl (C=O) groups excluding carboxylic acids is 1. The molecule has 2 aliphatic rings. The van der Waals surface area contributed by atoms with E-state index in [4.69, 9.17) is 5.14 Å². The summed E-state index contributed by atoms with van der Waals surface area (Å²) >= 11 is 0. The van der Waals surface area contributed by atoms with E-state index in [9.17, 15) is 13.2 Å². The Hall–Kier alpha value is -2.58. The number of nitrogens with two attached hydrogens (primary N) is 1. The van der Waals surface area contributed by atoms with Crippen LogP contribution in [0.2, 0.25) is 0 Å². The number of likely N-dealkylation sites (tertiary alicyclic amines) is 1. The molecule has 2 aromatic carbocycles. The highest BCUT2D eigenvalue weighted by Crippen LogP contribution is 2.47. The van der Waals surface area contributed by atoms with E-state index in [0.29, 0.717) is 38.2 Å². The summed E-state index contributed by atoms with van der Waals surface area (Å²) in [5, 5.41) is 8.39. The van der Waals surface area contributed by atoms with Gasteiger partial charge in [-0.1, -0.05) is 30.3 Å². The summed E-state index contributed by atoms with van der Waals surface area (Å²) in [7, 11) is -3.83. The van der Waals surface area contributed by atoms with Crippen LogP contribution in [0.5, 0.6) is 0 Å². The predicted octanol–water partition coefficient (Wildman–Crippen LogP) is 2.58. The maximum Gasteiger partial charge on any atom is 0.321 e. The molecule has 2 aliphatic heterocycles. The summed E-state index contributed by atoms with van der Waals surface area (Å²) in [6.07, 6.45) is 1.38. The Bertz CT molecular complexity index is 1010. The molecule has 1 fully saturated rings. The van der Waals surface area contributed by atoms with Gasteiger partial charge in [-0.3, -0.25) is 4.31 Å². The van der Waals surface area contributed by atoms with Crippen LogP contribution in [0.1, 0.15) is 24.0 Å². The first-order chi connectivity index (χ1) is 13.3. The normalized spacial score (nSPS) is 18.2. The Labute approximate surface area is 165 Å². The minimum atomic E-state index is -3.83. The van der Waals surface area contributed by atoms with Crippen molar-refractivity contribution < 1.29 is 13.2 Å². The molecule has 0 aromatic heterocycles. The average molecular weight is 401 g/mol. The Morgan fingerprint density at radius 1 is 1.11 bits per heavy atom. The van der Waals surface area contributed by atoms with Gasteiger partial charge in [0.2, 0.25) is 0 Å². The smallest absolute Gasteiger partial charge is 0.321 e. The van der Waals surface area contributed by atoms with E-state index < -0.39 is 10.2 Å². The molecule has 1 saturated heterocycles. The fourth-order valence-corrected chi connectivity index (χ4v) is 5.16. The molecule has 3 N–H and O–H groups in total. The lowest BCUT2D eigenvalue weighted by Crippen LogP contribution is -2.49. The Morgan fingerprint density at radius 3 is 2.50 bits per heavy atom. The van der Waals surface area contributed by atoms with Gasteiger partial charge in [0.15, 0.2) is 0 Å². The number of nitrogens with zero attached hydrogens (tertiary/aromatic N) is 2. The maximum absolute atomic E-state index is 12.6. The molecule has 2 heterocycles. The van der Waals surface area contributed by atoms with Gasteiger partial charge in [-0.25, -0.2) is 9.93 Å². The van der Waals surface area contributed by atoms with Gasteiger partial charge in [0.05, 0.1) is 5.69 Å².